The number of anilines is 1. The first-order chi connectivity index (χ1) is 8.88. The molecule has 2 aliphatic rings. The second kappa shape index (κ2) is 5.10. The molecule has 0 aliphatic carbocycles. The zero-order valence-corrected chi connectivity index (χ0v) is 10.8. The largest absolute Gasteiger partial charge is 0.478 e. The molecule has 2 aliphatic heterocycles. The van der Waals surface area contributed by atoms with Gasteiger partial charge in [0.05, 0.1) is 6.61 Å². The van der Waals surface area contributed by atoms with E-state index >= 15 is 0 Å². The molecule has 1 aromatic heterocycles. The van der Waals surface area contributed by atoms with Crippen LogP contribution in [0.3, 0.4) is 0 Å². The van der Waals surface area contributed by atoms with Gasteiger partial charge in [0.15, 0.2) is 0 Å². The number of nitrogens with zero attached hydrogens (tertiary/aromatic N) is 3. The Labute approximate surface area is 108 Å². The molecule has 0 bridgehead atoms. The highest BCUT2D eigenvalue weighted by Gasteiger charge is 2.38. The number of aromatic nitrogens is 2. The van der Waals surface area contributed by atoms with Gasteiger partial charge in [-0.05, 0) is 18.8 Å². The van der Waals surface area contributed by atoms with Crippen molar-refractivity contribution in [3.05, 3.63) is 12.4 Å². The highest BCUT2D eigenvalue weighted by Crippen LogP contribution is 2.31. The van der Waals surface area contributed by atoms with Gasteiger partial charge in [0.1, 0.15) is 12.1 Å². The SMILES string of the molecule is CCCOc1cc(N2CC[C@H]3CNC[C@H]32)ncn1. The summed E-state index contributed by atoms with van der Waals surface area (Å²) in [7, 11) is 0. The molecule has 2 atom stereocenters. The van der Waals surface area contributed by atoms with Crippen molar-refractivity contribution in [2.45, 2.75) is 25.8 Å². The summed E-state index contributed by atoms with van der Waals surface area (Å²) < 4.78 is 5.57. The number of hydrogen-bond acceptors (Lipinski definition) is 5. The Hall–Kier alpha value is -1.36. The molecule has 0 spiro atoms. The van der Waals surface area contributed by atoms with Crippen LogP contribution in [0.4, 0.5) is 5.82 Å². The third-order valence-corrected chi connectivity index (χ3v) is 3.82. The maximum atomic E-state index is 5.57. The molecule has 2 fully saturated rings. The van der Waals surface area contributed by atoms with E-state index in [-0.39, 0.29) is 0 Å². The average molecular weight is 248 g/mol. The van der Waals surface area contributed by atoms with Crippen LogP contribution in [0.2, 0.25) is 0 Å². The Morgan fingerprint density at radius 1 is 1.44 bits per heavy atom. The smallest absolute Gasteiger partial charge is 0.218 e. The quantitative estimate of drug-likeness (QED) is 0.863. The number of nitrogens with one attached hydrogen (secondary N) is 1. The lowest BCUT2D eigenvalue weighted by Gasteiger charge is -2.24. The molecule has 3 rings (SSSR count). The van der Waals surface area contributed by atoms with E-state index in [0.29, 0.717) is 18.5 Å². The summed E-state index contributed by atoms with van der Waals surface area (Å²) in [4.78, 5) is 10.9. The fourth-order valence-electron chi connectivity index (χ4n) is 2.91. The van der Waals surface area contributed by atoms with E-state index < -0.39 is 0 Å². The van der Waals surface area contributed by atoms with Crippen LogP contribution in [0.25, 0.3) is 0 Å². The molecule has 0 saturated carbocycles. The first-order valence-electron chi connectivity index (χ1n) is 6.80. The summed E-state index contributed by atoms with van der Waals surface area (Å²) >= 11 is 0. The minimum Gasteiger partial charge on any atom is -0.478 e. The van der Waals surface area contributed by atoms with Crippen LogP contribution in [-0.4, -0.2) is 42.3 Å². The van der Waals surface area contributed by atoms with E-state index in [1.165, 1.54) is 6.42 Å². The van der Waals surface area contributed by atoms with E-state index in [4.69, 9.17) is 4.74 Å². The van der Waals surface area contributed by atoms with Crippen molar-refractivity contribution in [3.63, 3.8) is 0 Å². The van der Waals surface area contributed by atoms with Crippen molar-refractivity contribution < 1.29 is 4.74 Å². The topological polar surface area (TPSA) is 50.3 Å². The summed E-state index contributed by atoms with van der Waals surface area (Å²) in [5, 5.41) is 3.46. The molecular formula is C13H20N4O. The number of hydrogen-bond donors (Lipinski definition) is 1. The fourth-order valence-corrected chi connectivity index (χ4v) is 2.91. The van der Waals surface area contributed by atoms with Crippen LogP contribution >= 0.6 is 0 Å². The lowest BCUT2D eigenvalue weighted by atomic mass is 10.1. The molecule has 0 aromatic carbocycles. The van der Waals surface area contributed by atoms with Gasteiger partial charge in [-0.25, -0.2) is 9.97 Å². The lowest BCUT2D eigenvalue weighted by Crippen LogP contribution is -2.34. The minimum atomic E-state index is 0.596. The molecule has 5 heteroatoms. The number of rotatable bonds is 4. The lowest BCUT2D eigenvalue weighted by molar-refractivity contribution is 0.304. The van der Waals surface area contributed by atoms with Crippen LogP contribution in [-0.2, 0) is 0 Å². The molecule has 18 heavy (non-hydrogen) atoms. The Balaban J connectivity index is 1.75. The molecule has 3 heterocycles. The molecule has 0 amide bonds. The van der Waals surface area contributed by atoms with Gasteiger partial charge in [-0.15, -0.1) is 0 Å². The second-order valence-electron chi connectivity index (χ2n) is 5.03. The van der Waals surface area contributed by atoms with Gasteiger partial charge in [0.2, 0.25) is 5.88 Å². The van der Waals surface area contributed by atoms with E-state index in [2.05, 4.69) is 27.1 Å². The summed E-state index contributed by atoms with van der Waals surface area (Å²) in [5.41, 5.74) is 0. The predicted octanol–water partition coefficient (Wildman–Crippen LogP) is 1.06. The highest BCUT2D eigenvalue weighted by atomic mass is 16.5. The van der Waals surface area contributed by atoms with E-state index in [1.54, 1.807) is 6.33 Å². The maximum Gasteiger partial charge on any atom is 0.218 e. The third kappa shape index (κ3) is 2.14. The monoisotopic (exact) mass is 248 g/mol. The molecular weight excluding hydrogens is 228 g/mol. The van der Waals surface area contributed by atoms with Crippen LogP contribution in [0.15, 0.2) is 12.4 Å². The predicted molar refractivity (Wildman–Crippen MR) is 69.9 cm³/mol. The zero-order valence-electron chi connectivity index (χ0n) is 10.8. The summed E-state index contributed by atoms with van der Waals surface area (Å²) in [5.74, 6) is 2.48. The van der Waals surface area contributed by atoms with Gasteiger partial charge in [-0.3, -0.25) is 0 Å². The Bertz CT molecular complexity index is 412. The first kappa shape index (κ1) is 11.7. The van der Waals surface area contributed by atoms with Gasteiger partial charge >= 0.3 is 0 Å². The average Bonchev–Trinajstić information content (AvgIpc) is 2.99. The van der Waals surface area contributed by atoms with Crippen molar-refractivity contribution in [1.82, 2.24) is 15.3 Å². The normalized spacial score (nSPS) is 26.4. The minimum absolute atomic E-state index is 0.596. The van der Waals surface area contributed by atoms with Crippen LogP contribution in [0.1, 0.15) is 19.8 Å². The first-order valence-corrected chi connectivity index (χ1v) is 6.80. The molecule has 2 saturated heterocycles. The van der Waals surface area contributed by atoms with E-state index in [1.807, 2.05) is 6.07 Å². The fraction of sp³-hybridized carbons (Fsp3) is 0.692. The summed E-state index contributed by atoms with van der Waals surface area (Å²) in [6.07, 6.45) is 3.86. The Morgan fingerprint density at radius 3 is 3.28 bits per heavy atom. The van der Waals surface area contributed by atoms with Crippen LogP contribution in [0, 0.1) is 5.92 Å². The van der Waals surface area contributed by atoms with Crippen molar-refractivity contribution in [1.29, 1.82) is 0 Å². The van der Waals surface area contributed by atoms with Crippen molar-refractivity contribution >= 4 is 5.82 Å². The second-order valence-corrected chi connectivity index (χ2v) is 5.03. The summed E-state index contributed by atoms with van der Waals surface area (Å²) in [6, 6.07) is 2.56. The van der Waals surface area contributed by atoms with Gasteiger partial charge < -0.3 is 15.0 Å². The Kier molecular flexibility index (Phi) is 3.32. The molecule has 0 unspecified atom stereocenters. The summed E-state index contributed by atoms with van der Waals surface area (Å²) in [6.45, 7) is 6.12. The molecule has 0 radical (unpaired) electrons. The van der Waals surface area contributed by atoms with E-state index in [9.17, 15) is 0 Å². The standard InChI is InChI=1S/C13H20N4O/c1-2-5-18-13-6-12(15-9-16-13)17-4-3-10-7-14-8-11(10)17/h6,9-11,14H,2-5,7-8H2,1H3/t10-,11+/m0/s1. The Morgan fingerprint density at radius 2 is 2.39 bits per heavy atom. The number of fused-ring (bicyclic) bond motifs is 1. The van der Waals surface area contributed by atoms with Gasteiger partial charge in [-0.2, -0.15) is 0 Å². The van der Waals surface area contributed by atoms with Gasteiger partial charge in [0, 0.05) is 31.7 Å². The van der Waals surface area contributed by atoms with Gasteiger partial charge in [-0.1, -0.05) is 6.92 Å². The highest BCUT2D eigenvalue weighted by molar-refractivity contribution is 5.44. The van der Waals surface area contributed by atoms with Crippen molar-refractivity contribution in [2.24, 2.45) is 5.92 Å². The molecule has 5 nitrogen and oxygen atoms in total. The third-order valence-electron chi connectivity index (χ3n) is 3.82. The van der Waals surface area contributed by atoms with Crippen molar-refractivity contribution in [2.75, 3.05) is 31.1 Å². The van der Waals surface area contributed by atoms with Crippen LogP contribution < -0.4 is 15.0 Å². The molecule has 98 valence electrons. The molecule has 1 aromatic rings. The number of ether oxygens (including phenoxy) is 1. The maximum absolute atomic E-state index is 5.57. The zero-order chi connectivity index (χ0) is 12.4. The molecule has 1 N–H and O–H groups in total. The van der Waals surface area contributed by atoms with Crippen LogP contribution in [0.5, 0.6) is 5.88 Å². The van der Waals surface area contributed by atoms with E-state index in [0.717, 1.165) is 37.8 Å². The van der Waals surface area contributed by atoms with Gasteiger partial charge in [0.25, 0.3) is 0 Å². The van der Waals surface area contributed by atoms with Crippen molar-refractivity contribution in [3.8, 4) is 5.88 Å².